The molecule has 1 N–H and O–H groups in total. The Balaban J connectivity index is 1.79. The number of likely N-dealkylation sites (tertiary alicyclic amines) is 1. The van der Waals surface area contributed by atoms with Crippen molar-refractivity contribution in [2.75, 3.05) is 40.5 Å². The second kappa shape index (κ2) is 8.72. The van der Waals surface area contributed by atoms with Crippen LogP contribution in [0.1, 0.15) is 12.8 Å². The number of benzene rings is 1. The minimum absolute atomic E-state index is 0.0936. The number of aromatic amines is 1. The Morgan fingerprint density at radius 1 is 1.22 bits per heavy atom. The van der Waals surface area contributed by atoms with Crippen molar-refractivity contribution >= 4 is 17.0 Å². The van der Waals surface area contributed by atoms with Crippen molar-refractivity contribution in [2.24, 2.45) is 0 Å². The molecule has 0 radical (unpaired) electrons. The van der Waals surface area contributed by atoms with Crippen LogP contribution in [0.2, 0.25) is 0 Å². The predicted octanol–water partition coefficient (Wildman–Crippen LogP) is 1.56. The first-order valence-corrected chi connectivity index (χ1v) is 8.75. The maximum atomic E-state index is 12.1. The molecule has 1 saturated heterocycles. The Hall–Kier alpha value is -2.81. The maximum absolute atomic E-state index is 12.1. The number of ether oxygens (including phenoxy) is 4. The predicted molar refractivity (Wildman–Crippen MR) is 97.4 cm³/mol. The van der Waals surface area contributed by atoms with Gasteiger partial charge in [0.05, 0.1) is 30.9 Å². The number of hydrogen-bond donors (Lipinski definition) is 1. The quantitative estimate of drug-likeness (QED) is 0.762. The molecule has 1 aliphatic heterocycles. The summed E-state index contributed by atoms with van der Waals surface area (Å²) in [5, 5.41) is 0.429. The molecule has 2 heterocycles. The zero-order valence-electron chi connectivity index (χ0n) is 15.4. The summed E-state index contributed by atoms with van der Waals surface area (Å²) in [4.78, 5) is 32.1. The molecule has 0 saturated carbocycles. The average molecular weight is 377 g/mol. The van der Waals surface area contributed by atoms with Crippen molar-refractivity contribution in [1.82, 2.24) is 14.9 Å². The molecule has 0 bridgehead atoms. The van der Waals surface area contributed by atoms with Gasteiger partial charge in [-0.3, -0.25) is 4.79 Å². The minimum Gasteiger partial charge on any atom is -0.487 e. The topological polar surface area (TPSA) is 103 Å². The van der Waals surface area contributed by atoms with Crippen molar-refractivity contribution in [1.29, 1.82) is 0 Å². The minimum atomic E-state index is -0.333. The average Bonchev–Trinajstić information content (AvgIpc) is 2.69. The first-order valence-electron chi connectivity index (χ1n) is 8.75. The third-order valence-corrected chi connectivity index (χ3v) is 4.42. The molecule has 27 heavy (non-hydrogen) atoms. The van der Waals surface area contributed by atoms with Crippen molar-refractivity contribution in [3.05, 3.63) is 28.8 Å². The van der Waals surface area contributed by atoms with Gasteiger partial charge < -0.3 is 28.8 Å². The summed E-state index contributed by atoms with van der Waals surface area (Å²) in [5.41, 5.74) is 0.285. The van der Waals surface area contributed by atoms with E-state index in [4.69, 9.17) is 18.9 Å². The molecule has 1 fully saturated rings. The summed E-state index contributed by atoms with van der Waals surface area (Å²) in [6.45, 7) is 1.87. The lowest BCUT2D eigenvalue weighted by molar-refractivity contribution is 0.0766. The van der Waals surface area contributed by atoms with Crippen LogP contribution in [0.15, 0.2) is 23.3 Å². The molecule has 1 aliphatic rings. The Morgan fingerprint density at radius 2 is 2.00 bits per heavy atom. The fourth-order valence-corrected chi connectivity index (χ4v) is 2.98. The van der Waals surface area contributed by atoms with E-state index in [1.807, 2.05) is 0 Å². The van der Waals surface area contributed by atoms with E-state index in [0.29, 0.717) is 61.5 Å². The van der Waals surface area contributed by atoms with Gasteiger partial charge in [0.25, 0.3) is 5.56 Å². The molecular weight excluding hydrogens is 354 g/mol. The van der Waals surface area contributed by atoms with Crippen LogP contribution >= 0.6 is 0 Å². The van der Waals surface area contributed by atoms with Gasteiger partial charge in [0.2, 0.25) is 0 Å². The zero-order valence-corrected chi connectivity index (χ0v) is 15.4. The number of fused-ring (bicyclic) bond motifs is 1. The van der Waals surface area contributed by atoms with E-state index in [1.54, 1.807) is 24.1 Å². The second-order valence-electron chi connectivity index (χ2n) is 6.16. The lowest BCUT2D eigenvalue weighted by Gasteiger charge is -2.31. The summed E-state index contributed by atoms with van der Waals surface area (Å²) in [5.74, 6) is 0.988. The molecule has 0 unspecified atom stereocenters. The van der Waals surface area contributed by atoms with Crippen LogP contribution in [0.3, 0.4) is 0 Å². The number of aromatic nitrogens is 2. The number of rotatable bonds is 6. The Bertz CT molecular complexity index is 845. The zero-order chi connectivity index (χ0) is 19.2. The molecule has 3 rings (SSSR count). The highest BCUT2D eigenvalue weighted by Crippen LogP contribution is 2.33. The van der Waals surface area contributed by atoms with Crippen molar-refractivity contribution < 1.29 is 23.7 Å². The van der Waals surface area contributed by atoms with Crippen molar-refractivity contribution in [2.45, 2.75) is 18.9 Å². The first kappa shape index (κ1) is 19.0. The summed E-state index contributed by atoms with van der Waals surface area (Å²) in [7, 11) is 2.96. The molecule has 1 aromatic carbocycles. The van der Waals surface area contributed by atoms with Gasteiger partial charge in [-0.25, -0.2) is 9.78 Å². The van der Waals surface area contributed by atoms with Gasteiger partial charge in [0.15, 0.2) is 11.5 Å². The van der Waals surface area contributed by atoms with E-state index in [-0.39, 0.29) is 17.8 Å². The third kappa shape index (κ3) is 4.48. The van der Waals surface area contributed by atoms with E-state index in [2.05, 4.69) is 9.97 Å². The van der Waals surface area contributed by atoms with Gasteiger partial charge in [-0.15, -0.1) is 0 Å². The number of amides is 1. The Kier molecular flexibility index (Phi) is 6.12. The summed E-state index contributed by atoms with van der Waals surface area (Å²) in [6, 6.07) is 3.34. The SMILES string of the molecule is COCCOc1cc2nc[nH]c(=O)c2cc1OC1CCN(C(=O)OC)CC1. The number of nitrogens with zero attached hydrogens (tertiary/aromatic N) is 2. The molecule has 1 amide bonds. The molecular formula is C18H23N3O6. The van der Waals surface area contributed by atoms with Gasteiger partial charge in [-0.2, -0.15) is 0 Å². The maximum Gasteiger partial charge on any atom is 0.409 e. The van der Waals surface area contributed by atoms with Gasteiger partial charge in [-0.1, -0.05) is 0 Å². The van der Waals surface area contributed by atoms with Gasteiger partial charge in [0.1, 0.15) is 12.7 Å². The second-order valence-corrected chi connectivity index (χ2v) is 6.16. The van der Waals surface area contributed by atoms with E-state index in [1.165, 1.54) is 13.4 Å². The summed E-state index contributed by atoms with van der Waals surface area (Å²) < 4.78 is 21.6. The highest BCUT2D eigenvalue weighted by molar-refractivity contribution is 5.81. The van der Waals surface area contributed by atoms with E-state index < -0.39 is 0 Å². The Labute approximate surface area is 156 Å². The molecule has 9 heteroatoms. The van der Waals surface area contributed by atoms with Crippen LogP contribution in [0.4, 0.5) is 4.79 Å². The van der Waals surface area contributed by atoms with E-state index in [9.17, 15) is 9.59 Å². The van der Waals surface area contributed by atoms with Crippen LogP contribution in [0.25, 0.3) is 10.9 Å². The van der Waals surface area contributed by atoms with Crippen molar-refractivity contribution in [3.63, 3.8) is 0 Å². The number of carbonyl (C=O) groups is 1. The van der Waals surface area contributed by atoms with E-state index in [0.717, 1.165) is 0 Å². The fraction of sp³-hybridized carbons (Fsp3) is 0.500. The number of hydrogen-bond acceptors (Lipinski definition) is 7. The largest absolute Gasteiger partial charge is 0.487 e. The number of H-pyrrole nitrogens is 1. The van der Waals surface area contributed by atoms with E-state index >= 15 is 0 Å². The van der Waals surface area contributed by atoms with Gasteiger partial charge in [0, 0.05) is 39.1 Å². The Morgan fingerprint density at radius 3 is 2.70 bits per heavy atom. The molecule has 9 nitrogen and oxygen atoms in total. The molecule has 146 valence electrons. The summed E-state index contributed by atoms with van der Waals surface area (Å²) >= 11 is 0. The lowest BCUT2D eigenvalue weighted by atomic mass is 10.1. The number of piperidine rings is 1. The first-order chi connectivity index (χ1) is 13.1. The standard InChI is InChI=1S/C18H23N3O6/c1-24-7-8-26-15-10-14-13(17(22)20-11-19-14)9-16(15)27-12-3-5-21(6-4-12)18(23)25-2/h9-12H,3-8H2,1-2H3,(H,19,20,22). The number of nitrogens with one attached hydrogen (secondary N) is 1. The smallest absolute Gasteiger partial charge is 0.409 e. The number of carbonyl (C=O) groups excluding carboxylic acids is 1. The highest BCUT2D eigenvalue weighted by atomic mass is 16.5. The highest BCUT2D eigenvalue weighted by Gasteiger charge is 2.25. The summed E-state index contributed by atoms with van der Waals surface area (Å²) in [6.07, 6.45) is 2.25. The van der Waals surface area contributed by atoms with Crippen LogP contribution in [-0.4, -0.2) is 67.6 Å². The molecule has 0 atom stereocenters. The third-order valence-electron chi connectivity index (χ3n) is 4.42. The van der Waals surface area contributed by atoms with Crippen LogP contribution in [0, 0.1) is 0 Å². The van der Waals surface area contributed by atoms with Crippen LogP contribution in [-0.2, 0) is 9.47 Å². The lowest BCUT2D eigenvalue weighted by Crippen LogP contribution is -2.41. The van der Waals surface area contributed by atoms with Crippen LogP contribution < -0.4 is 15.0 Å². The molecule has 2 aromatic rings. The van der Waals surface area contributed by atoms with Crippen LogP contribution in [0.5, 0.6) is 11.5 Å². The molecule has 0 aliphatic carbocycles. The molecule has 0 spiro atoms. The fourth-order valence-electron chi connectivity index (χ4n) is 2.98. The number of methoxy groups -OCH3 is 2. The van der Waals surface area contributed by atoms with Crippen molar-refractivity contribution in [3.8, 4) is 11.5 Å². The monoisotopic (exact) mass is 377 g/mol. The van der Waals surface area contributed by atoms with Gasteiger partial charge in [-0.05, 0) is 6.07 Å². The normalized spacial score (nSPS) is 15.0. The molecule has 1 aromatic heterocycles. The van der Waals surface area contributed by atoms with Gasteiger partial charge >= 0.3 is 6.09 Å².